The van der Waals surface area contributed by atoms with Crippen LogP contribution in [0.15, 0.2) is 29.2 Å². The normalized spacial score (nSPS) is 14.6. The SMILES string of the molecule is COC(=O)c1ccccc1S(=O)(=O)NCC(C)S(C)=O. The largest absolute Gasteiger partial charge is 0.465 e. The maximum atomic E-state index is 12.2. The molecule has 8 heteroatoms. The molecule has 1 aromatic carbocycles. The maximum Gasteiger partial charge on any atom is 0.339 e. The molecule has 20 heavy (non-hydrogen) atoms. The van der Waals surface area contributed by atoms with Crippen molar-refractivity contribution in [1.82, 2.24) is 4.72 Å². The fourth-order valence-corrected chi connectivity index (χ4v) is 3.15. The molecule has 0 amide bonds. The van der Waals surface area contributed by atoms with E-state index in [0.29, 0.717) is 0 Å². The van der Waals surface area contributed by atoms with Gasteiger partial charge in [0.05, 0.1) is 17.6 Å². The Morgan fingerprint density at radius 2 is 2.00 bits per heavy atom. The van der Waals surface area contributed by atoms with Crippen LogP contribution in [0.2, 0.25) is 0 Å². The number of carbonyl (C=O) groups is 1. The summed E-state index contributed by atoms with van der Waals surface area (Å²) >= 11 is 0. The van der Waals surface area contributed by atoms with Gasteiger partial charge < -0.3 is 4.74 Å². The van der Waals surface area contributed by atoms with Crippen molar-refractivity contribution in [2.45, 2.75) is 17.1 Å². The topological polar surface area (TPSA) is 89.5 Å². The number of methoxy groups -OCH3 is 1. The minimum Gasteiger partial charge on any atom is -0.465 e. The molecule has 1 rings (SSSR count). The quantitative estimate of drug-likeness (QED) is 0.772. The summed E-state index contributed by atoms with van der Waals surface area (Å²) in [5.74, 6) is -0.724. The molecular weight excluding hydrogens is 302 g/mol. The lowest BCUT2D eigenvalue weighted by molar-refractivity contribution is 0.0596. The predicted molar refractivity (Wildman–Crippen MR) is 76.5 cm³/mol. The third-order valence-electron chi connectivity index (χ3n) is 2.71. The molecule has 0 aliphatic carbocycles. The van der Waals surface area contributed by atoms with E-state index in [1.807, 2.05) is 0 Å². The monoisotopic (exact) mass is 319 g/mol. The predicted octanol–water partition coefficient (Wildman–Crippen LogP) is 0.518. The number of carbonyl (C=O) groups excluding carboxylic acids is 1. The summed E-state index contributed by atoms with van der Waals surface area (Å²) in [5.41, 5.74) is -0.0345. The average molecular weight is 319 g/mol. The first kappa shape index (κ1) is 16.8. The number of benzene rings is 1. The highest BCUT2D eigenvalue weighted by atomic mass is 32.2. The van der Waals surface area contributed by atoms with E-state index >= 15 is 0 Å². The van der Waals surface area contributed by atoms with Gasteiger partial charge in [0.15, 0.2) is 0 Å². The second-order valence-electron chi connectivity index (χ2n) is 4.15. The summed E-state index contributed by atoms with van der Waals surface area (Å²) in [5, 5.41) is -0.324. The van der Waals surface area contributed by atoms with E-state index < -0.39 is 26.8 Å². The molecule has 0 fully saturated rings. The molecule has 0 aliphatic rings. The number of ether oxygens (including phenoxy) is 1. The van der Waals surface area contributed by atoms with Crippen molar-refractivity contribution in [3.05, 3.63) is 29.8 Å². The van der Waals surface area contributed by atoms with Crippen LogP contribution in [0, 0.1) is 0 Å². The second kappa shape index (κ2) is 6.96. The lowest BCUT2D eigenvalue weighted by Crippen LogP contribution is -2.33. The average Bonchev–Trinajstić information content (AvgIpc) is 2.43. The van der Waals surface area contributed by atoms with Crippen LogP contribution < -0.4 is 4.72 Å². The van der Waals surface area contributed by atoms with E-state index in [2.05, 4.69) is 9.46 Å². The van der Waals surface area contributed by atoms with Crippen LogP contribution in [-0.4, -0.2) is 43.8 Å². The molecule has 0 saturated carbocycles. The molecule has 0 aromatic heterocycles. The van der Waals surface area contributed by atoms with E-state index in [1.54, 1.807) is 13.0 Å². The molecule has 6 nitrogen and oxygen atoms in total. The van der Waals surface area contributed by atoms with Crippen LogP contribution in [0.5, 0.6) is 0 Å². The van der Waals surface area contributed by atoms with Crippen molar-refractivity contribution in [1.29, 1.82) is 0 Å². The van der Waals surface area contributed by atoms with Crippen molar-refractivity contribution >= 4 is 26.8 Å². The zero-order valence-corrected chi connectivity index (χ0v) is 13.1. The fourth-order valence-electron chi connectivity index (χ4n) is 1.40. The molecule has 0 bridgehead atoms. The number of esters is 1. The van der Waals surface area contributed by atoms with Crippen molar-refractivity contribution in [2.24, 2.45) is 0 Å². The van der Waals surface area contributed by atoms with E-state index in [0.717, 1.165) is 0 Å². The Hall–Kier alpha value is -1.25. The number of nitrogens with one attached hydrogen (secondary N) is 1. The standard InChI is InChI=1S/C12H17NO5S2/c1-9(19(3)15)8-13-20(16,17)11-7-5-4-6-10(11)12(14)18-2/h4-7,9,13H,8H2,1-3H3. The molecule has 0 saturated heterocycles. The third-order valence-corrected chi connectivity index (χ3v) is 5.49. The van der Waals surface area contributed by atoms with Gasteiger partial charge in [0.1, 0.15) is 0 Å². The molecule has 0 radical (unpaired) electrons. The Labute approximate surface area is 121 Å². The van der Waals surface area contributed by atoms with E-state index in [4.69, 9.17) is 0 Å². The van der Waals surface area contributed by atoms with Gasteiger partial charge in [-0.1, -0.05) is 12.1 Å². The van der Waals surface area contributed by atoms with E-state index in [1.165, 1.54) is 31.6 Å². The van der Waals surface area contributed by atoms with Gasteiger partial charge in [-0.3, -0.25) is 4.21 Å². The molecule has 2 atom stereocenters. The zero-order valence-electron chi connectivity index (χ0n) is 11.5. The molecule has 0 heterocycles. The molecule has 112 valence electrons. The summed E-state index contributed by atoms with van der Waals surface area (Å²) in [6.45, 7) is 1.70. The van der Waals surface area contributed by atoms with E-state index in [-0.39, 0.29) is 22.3 Å². The first-order chi connectivity index (χ1) is 9.29. The Morgan fingerprint density at radius 3 is 2.55 bits per heavy atom. The van der Waals surface area contributed by atoms with Gasteiger partial charge in [0, 0.05) is 28.9 Å². The van der Waals surface area contributed by atoms with Crippen LogP contribution in [-0.2, 0) is 25.6 Å². The van der Waals surface area contributed by atoms with Crippen LogP contribution in [0.25, 0.3) is 0 Å². The van der Waals surface area contributed by atoms with Crippen molar-refractivity contribution in [3.63, 3.8) is 0 Å². The number of hydrogen-bond donors (Lipinski definition) is 1. The highest BCUT2D eigenvalue weighted by molar-refractivity contribution is 7.89. The zero-order chi connectivity index (χ0) is 15.3. The fraction of sp³-hybridized carbons (Fsp3) is 0.417. The first-order valence-electron chi connectivity index (χ1n) is 5.79. The molecule has 0 spiro atoms. The highest BCUT2D eigenvalue weighted by Crippen LogP contribution is 2.16. The van der Waals surface area contributed by atoms with Gasteiger partial charge in [0.2, 0.25) is 10.0 Å². The van der Waals surface area contributed by atoms with Crippen molar-refractivity contribution in [3.8, 4) is 0 Å². The van der Waals surface area contributed by atoms with Gasteiger partial charge in [0.25, 0.3) is 0 Å². The van der Waals surface area contributed by atoms with Crippen LogP contribution in [0.1, 0.15) is 17.3 Å². The van der Waals surface area contributed by atoms with E-state index in [9.17, 15) is 17.4 Å². The number of hydrogen-bond acceptors (Lipinski definition) is 5. The molecule has 2 unspecified atom stereocenters. The molecule has 0 aliphatic heterocycles. The van der Waals surface area contributed by atoms with Crippen molar-refractivity contribution < 1.29 is 22.2 Å². The van der Waals surface area contributed by atoms with Crippen LogP contribution in [0.4, 0.5) is 0 Å². The Balaban J connectivity index is 3.04. The van der Waals surface area contributed by atoms with Crippen molar-refractivity contribution in [2.75, 3.05) is 19.9 Å². The second-order valence-corrected chi connectivity index (χ2v) is 7.69. The summed E-state index contributed by atoms with van der Waals surface area (Å²) in [4.78, 5) is 11.4. The smallest absolute Gasteiger partial charge is 0.339 e. The summed E-state index contributed by atoms with van der Waals surface area (Å²) in [6.07, 6.45) is 1.50. The number of sulfonamides is 1. The van der Waals surface area contributed by atoms with Gasteiger partial charge in [-0.15, -0.1) is 0 Å². The summed E-state index contributed by atoms with van der Waals surface area (Å²) in [6, 6.07) is 5.77. The van der Waals surface area contributed by atoms with Crippen LogP contribution >= 0.6 is 0 Å². The van der Waals surface area contributed by atoms with Gasteiger partial charge in [-0.25, -0.2) is 17.9 Å². The minimum atomic E-state index is -3.86. The highest BCUT2D eigenvalue weighted by Gasteiger charge is 2.23. The Kier molecular flexibility index (Phi) is 5.85. The van der Waals surface area contributed by atoms with Crippen LogP contribution in [0.3, 0.4) is 0 Å². The lowest BCUT2D eigenvalue weighted by Gasteiger charge is -2.12. The summed E-state index contributed by atoms with van der Waals surface area (Å²) < 4.78 is 42.5. The molecular formula is C12H17NO5S2. The Morgan fingerprint density at radius 1 is 1.40 bits per heavy atom. The third kappa shape index (κ3) is 4.12. The van der Waals surface area contributed by atoms with Gasteiger partial charge in [-0.2, -0.15) is 0 Å². The van der Waals surface area contributed by atoms with Gasteiger partial charge >= 0.3 is 5.97 Å². The maximum absolute atomic E-state index is 12.2. The first-order valence-corrected chi connectivity index (χ1v) is 8.89. The molecule has 1 N–H and O–H groups in total. The van der Waals surface area contributed by atoms with Gasteiger partial charge in [-0.05, 0) is 19.1 Å². The number of rotatable bonds is 6. The Bertz CT molecular complexity index is 612. The summed E-state index contributed by atoms with van der Waals surface area (Å²) in [7, 11) is -3.81. The lowest BCUT2D eigenvalue weighted by atomic mass is 10.2. The molecule has 1 aromatic rings. The minimum absolute atomic E-state index is 0.0287.